The van der Waals surface area contributed by atoms with Crippen molar-refractivity contribution in [2.24, 2.45) is 0 Å². The number of anilines is 1. The molecule has 0 spiro atoms. The van der Waals surface area contributed by atoms with E-state index in [2.05, 4.69) is 15.3 Å². The number of hydrogen-bond donors (Lipinski definition) is 1. The van der Waals surface area contributed by atoms with Crippen LogP contribution in [0.5, 0.6) is 0 Å². The van der Waals surface area contributed by atoms with Crippen LogP contribution < -0.4 is 5.32 Å². The second-order valence-electron chi connectivity index (χ2n) is 7.04. The summed E-state index contributed by atoms with van der Waals surface area (Å²) in [5.74, 6) is -0.311. The maximum atomic E-state index is 13.1. The van der Waals surface area contributed by atoms with Gasteiger partial charge in [-0.1, -0.05) is 24.6 Å². The van der Waals surface area contributed by atoms with Gasteiger partial charge in [-0.15, -0.1) is 11.3 Å². The van der Waals surface area contributed by atoms with Crippen LogP contribution in [0.4, 0.5) is 5.69 Å². The fourth-order valence-corrected chi connectivity index (χ4v) is 5.85. The SMILES string of the molecule is O=C(Cc1csc(-c2ccccn2)n1)Nc1ccccc1S(=O)(=O)N1CCCCC1. The third-order valence-corrected chi connectivity index (χ3v) is 7.74. The first-order chi connectivity index (χ1) is 14.5. The Morgan fingerprint density at radius 3 is 2.60 bits per heavy atom. The molecular weight excluding hydrogens is 420 g/mol. The minimum absolute atomic E-state index is 0.0570. The lowest BCUT2D eigenvalue weighted by atomic mass is 10.2. The Hall–Kier alpha value is -2.62. The van der Waals surface area contributed by atoms with Crippen LogP contribution in [0.15, 0.2) is 58.9 Å². The summed E-state index contributed by atoms with van der Waals surface area (Å²) in [5.41, 5.74) is 1.68. The molecule has 0 unspecified atom stereocenters. The lowest BCUT2D eigenvalue weighted by molar-refractivity contribution is -0.115. The van der Waals surface area contributed by atoms with Crippen molar-refractivity contribution in [2.75, 3.05) is 18.4 Å². The van der Waals surface area contributed by atoms with Gasteiger partial charge in [-0.05, 0) is 37.1 Å². The van der Waals surface area contributed by atoms with Crippen molar-refractivity contribution < 1.29 is 13.2 Å². The average Bonchev–Trinajstić information content (AvgIpc) is 3.23. The van der Waals surface area contributed by atoms with E-state index in [4.69, 9.17) is 0 Å². The molecule has 1 fully saturated rings. The lowest BCUT2D eigenvalue weighted by Crippen LogP contribution is -2.36. The first kappa shape index (κ1) is 20.6. The summed E-state index contributed by atoms with van der Waals surface area (Å²) in [6.45, 7) is 1.03. The van der Waals surface area contributed by atoms with E-state index in [9.17, 15) is 13.2 Å². The van der Waals surface area contributed by atoms with Gasteiger partial charge >= 0.3 is 0 Å². The molecule has 30 heavy (non-hydrogen) atoms. The standard InChI is InChI=1S/C21H22N4O3S2/c26-20(14-16-15-29-21(23-16)18-9-4-5-11-22-18)24-17-8-2-3-10-19(17)30(27,28)25-12-6-1-7-13-25/h2-5,8-11,15H,1,6-7,12-14H2,(H,24,26). The molecule has 1 aliphatic rings. The molecule has 1 amide bonds. The smallest absolute Gasteiger partial charge is 0.245 e. The van der Waals surface area contributed by atoms with Gasteiger partial charge in [-0.3, -0.25) is 9.78 Å². The largest absolute Gasteiger partial charge is 0.325 e. The molecule has 0 bridgehead atoms. The Kier molecular flexibility index (Phi) is 6.21. The molecule has 0 saturated carbocycles. The van der Waals surface area contributed by atoms with E-state index in [-0.39, 0.29) is 17.2 Å². The van der Waals surface area contributed by atoms with E-state index < -0.39 is 10.0 Å². The number of carbonyl (C=O) groups excluding carboxylic acids is 1. The Morgan fingerprint density at radius 1 is 1.07 bits per heavy atom. The second kappa shape index (κ2) is 9.03. The fourth-order valence-electron chi connectivity index (χ4n) is 3.39. The lowest BCUT2D eigenvalue weighted by Gasteiger charge is -2.26. The Morgan fingerprint density at radius 2 is 1.83 bits per heavy atom. The van der Waals surface area contributed by atoms with Gasteiger partial charge in [0.25, 0.3) is 0 Å². The molecule has 0 radical (unpaired) electrons. The maximum Gasteiger partial charge on any atom is 0.245 e. The number of sulfonamides is 1. The zero-order valence-corrected chi connectivity index (χ0v) is 18.0. The summed E-state index contributed by atoms with van der Waals surface area (Å²) in [4.78, 5) is 21.5. The van der Waals surface area contributed by atoms with Gasteiger partial charge in [0.05, 0.1) is 23.5 Å². The molecule has 1 aliphatic heterocycles. The summed E-state index contributed by atoms with van der Waals surface area (Å²) in [6, 6.07) is 12.1. The van der Waals surface area contributed by atoms with Gasteiger partial charge in [-0.2, -0.15) is 4.31 Å². The van der Waals surface area contributed by atoms with E-state index in [1.165, 1.54) is 15.6 Å². The molecule has 0 aliphatic carbocycles. The van der Waals surface area contributed by atoms with Crippen LogP contribution in [0.25, 0.3) is 10.7 Å². The molecule has 3 heterocycles. The molecule has 7 nitrogen and oxygen atoms in total. The molecule has 156 valence electrons. The van der Waals surface area contributed by atoms with Crippen LogP contribution in [0.2, 0.25) is 0 Å². The van der Waals surface area contributed by atoms with Crippen molar-refractivity contribution in [2.45, 2.75) is 30.6 Å². The summed E-state index contributed by atoms with van der Waals surface area (Å²) < 4.78 is 27.6. The van der Waals surface area contributed by atoms with Gasteiger partial charge in [0.15, 0.2) is 0 Å². The van der Waals surface area contributed by atoms with E-state index in [1.54, 1.807) is 30.5 Å². The predicted molar refractivity (Wildman–Crippen MR) is 117 cm³/mol. The first-order valence-electron chi connectivity index (χ1n) is 9.79. The number of nitrogens with one attached hydrogen (secondary N) is 1. The highest BCUT2D eigenvalue weighted by Crippen LogP contribution is 2.27. The number of piperidine rings is 1. The van der Waals surface area contributed by atoms with Gasteiger partial charge in [0.2, 0.25) is 15.9 Å². The minimum atomic E-state index is -3.65. The number of nitrogens with zero attached hydrogens (tertiary/aromatic N) is 3. The highest BCUT2D eigenvalue weighted by molar-refractivity contribution is 7.89. The Labute approximate surface area is 179 Å². The number of thiazole rings is 1. The van der Waals surface area contributed by atoms with Crippen LogP contribution in [0, 0.1) is 0 Å². The molecule has 1 aromatic carbocycles. The third kappa shape index (κ3) is 4.58. The zero-order valence-electron chi connectivity index (χ0n) is 16.3. The van der Waals surface area contributed by atoms with Crippen molar-refractivity contribution in [3.05, 3.63) is 59.7 Å². The summed E-state index contributed by atoms with van der Waals surface area (Å²) in [5, 5.41) is 5.32. The Bertz CT molecular complexity index is 1120. The van der Waals surface area contributed by atoms with Gasteiger partial charge < -0.3 is 5.32 Å². The number of hydrogen-bond acceptors (Lipinski definition) is 6. The molecule has 3 aromatic rings. The number of aromatic nitrogens is 2. The quantitative estimate of drug-likeness (QED) is 0.630. The van der Waals surface area contributed by atoms with E-state index in [0.29, 0.717) is 24.5 Å². The van der Waals surface area contributed by atoms with Gasteiger partial charge in [0.1, 0.15) is 9.90 Å². The average molecular weight is 443 g/mol. The third-order valence-electron chi connectivity index (χ3n) is 4.87. The van der Waals surface area contributed by atoms with Crippen LogP contribution in [-0.4, -0.2) is 41.7 Å². The van der Waals surface area contributed by atoms with Gasteiger partial charge in [0, 0.05) is 24.7 Å². The molecular formula is C21H22N4O3S2. The van der Waals surface area contributed by atoms with Crippen molar-refractivity contribution in [1.29, 1.82) is 0 Å². The van der Waals surface area contributed by atoms with E-state index >= 15 is 0 Å². The monoisotopic (exact) mass is 442 g/mol. The van der Waals surface area contributed by atoms with Crippen molar-refractivity contribution in [3.63, 3.8) is 0 Å². The van der Waals surface area contributed by atoms with Crippen molar-refractivity contribution >= 4 is 33.0 Å². The molecule has 2 aromatic heterocycles. The molecule has 4 rings (SSSR count). The van der Waals surface area contributed by atoms with Crippen LogP contribution in [-0.2, 0) is 21.2 Å². The fraction of sp³-hybridized carbons (Fsp3) is 0.286. The highest BCUT2D eigenvalue weighted by atomic mass is 32.2. The number of pyridine rings is 1. The van der Waals surface area contributed by atoms with Crippen LogP contribution in [0.3, 0.4) is 0 Å². The van der Waals surface area contributed by atoms with Crippen LogP contribution in [0.1, 0.15) is 25.0 Å². The van der Waals surface area contributed by atoms with Crippen molar-refractivity contribution in [3.8, 4) is 10.7 Å². The molecule has 1 N–H and O–H groups in total. The first-order valence-corrected chi connectivity index (χ1v) is 12.1. The summed E-state index contributed by atoms with van der Waals surface area (Å²) in [6.07, 6.45) is 4.51. The van der Waals surface area contributed by atoms with Gasteiger partial charge in [-0.25, -0.2) is 13.4 Å². The second-order valence-corrected chi connectivity index (χ2v) is 9.81. The number of carbonyl (C=O) groups is 1. The molecule has 9 heteroatoms. The predicted octanol–water partition coefficient (Wildman–Crippen LogP) is 3.56. The van der Waals surface area contributed by atoms with Crippen LogP contribution >= 0.6 is 11.3 Å². The zero-order chi connectivity index (χ0) is 21.0. The maximum absolute atomic E-state index is 13.1. The van der Waals surface area contributed by atoms with Crippen molar-refractivity contribution in [1.82, 2.24) is 14.3 Å². The Balaban J connectivity index is 1.49. The molecule has 1 saturated heterocycles. The number of para-hydroxylation sites is 1. The highest BCUT2D eigenvalue weighted by Gasteiger charge is 2.28. The minimum Gasteiger partial charge on any atom is -0.325 e. The topological polar surface area (TPSA) is 92.3 Å². The summed E-state index contributed by atoms with van der Waals surface area (Å²) >= 11 is 1.42. The summed E-state index contributed by atoms with van der Waals surface area (Å²) in [7, 11) is -3.65. The number of rotatable bonds is 6. The molecule has 0 atom stereocenters. The van der Waals surface area contributed by atoms with E-state index in [1.807, 2.05) is 23.6 Å². The number of benzene rings is 1. The van der Waals surface area contributed by atoms with E-state index in [0.717, 1.165) is 30.0 Å². The number of amides is 1. The normalized spacial score (nSPS) is 15.1.